The Labute approximate surface area is 120 Å². The fraction of sp³-hybridized carbons (Fsp3) is 0.714. The molecule has 1 saturated carbocycles. The van der Waals surface area contributed by atoms with Crippen molar-refractivity contribution in [1.29, 1.82) is 0 Å². The number of hydrogen-bond donors (Lipinski definition) is 2. The lowest BCUT2D eigenvalue weighted by Gasteiger charge is -2.35. The molecule has 0 amide bonds. The summed E-state index contributed by atoms with van der Waals surface area (Å²) in [5, 5.41) is 17.6. The van der Waals surface area contributed by atoms with Gasteiger partial charge in [0.05, 0.1) is 18.3 Å². The van der Waals surface area contributed by atoms with Gasteiger partial charge in [0.15, 0.2) is 5.96 Å². The molecule has 1 fully saturated rings. The molecule has 0 radical (unpaired) electrons. The molecule has 0 unspecified atom stereocenters. The highest BCUT2D eigenvalue weighted by atomic mass is 16.3. The van der Waals surface area contributed by atoms with Gasteiger partial charge in [-0.15, -0.1) is 0 Å². The first kappa shape index (κ1) is 14.8. The van der Waals surface area contributed by atoms with E-state index in [0.29, 0.717) is 6.54 Å². The average molecular weight is 279 g/mol. The fourth-order valence-corrected chi connectivity index (χ4v) is 2.34. The maximum Gasteiger partial charge on any atom is 0.194 e. The molecule has 0 aromatic carbocycles. The molecule has 1 aromatic rings. The van der Waals surface area contributed by atoms with Crippen molar-refractivity contribution >= 4 is 5.96 Å². The Morgan fingerprint density at radius 2 is 2.35 bits per heavy atom. The molecule has 6 nitrogen and oxygen atoms in total. The zero-order chi connectivity index (χ0) is 14.6. The SMILES string of the molecule is CCNC(=NCC1(O)CCC1)N(C)Cc1cnn(C)c1. The Morgan fingerprint density at radius 1 is 1.60 bits per heavy atom. The normalized spacial score (nSPS) is 17.7. The van der Waals surface area contributed by atoms with Crippen LogP contribution in [0.1, 0.15) is 31.7 Å². The van der Waals surface area contributed by atoms with Crippen molar-refractivity contribution in [3.05, 3.63) is 18.0 Å². The Hall–Kier alpha value is -1.56. The van der Waals surface area contributed by atoms with E-state index in [-0.39, 0.29) is 0 Å². The number of nitrogens with one attached hydrogen (secondary N) is 1. The lowest BCUT2D eigenvalue weighted by Crippen LogP contribution is -2.43. The van der Waals surface area contributed by atoms with Crippen LogP contribution in [-0.2, 0) is 13.6 Å². The third-order valence-corrected chi connectivity index (χ3v) is 3.68. The Balaban J connectivity index is 1.97. The van der Waals surface area contributed by atoms with Crippen LogP contribution in [0.4, 0.5) is 0 Å². The molecule has 1 aliphatic carbocycles. The molecule has 112 valence electrons. The number of nitrogens with zero attached hydrogens (tertiary/aromatic N) is 4. The van der Waals surface area contributed by atoms with Gasteiger partial charge in [-0.1, -0.05) is 0 Å². The highest BCUT2D eigenvalue weighted by Crippen LogP contribution is 2.31. The van der Waals surface area contributed by atoms with Crippen LogP contribution in [-0.4, -0.2) is 51.5 Å². The van der Waals surface area contributed by atoms with E-state index >= 15 is 0 Å². The summed E-state index contributed by atoms with van der Waals surface area (Å²) >= 11 is 0. The number of aliphatic hydroxyl groups is 1. The van der Waals surface area contributed by atoms with Gasteiger partial charge in [-0.05, 0) is 26.2 Å². The smallest absolute Gasteiger partial charge is 0.194 e. The molecule has 1 aromatic heterocycles. The van der Waals surface area contributed by atoms with E-state index in [2.05, 4.69) is 20.3 Å². The molecule has 0 bridgehead atoms. The Morgan fingerprint density at radius 3 is 2.85 bits per heavy atom. The standard InChI is InChI=1S/C14H25N5O/c1-4-15-13(16-11-14(20)6-5-7-14)18(2)9-12-8-17-19(3)10-12/h8,10,20H,4-7,9,11H2,1-3H3,(H,15,16). The molecular weight excluding hydrogens is 254 g/mol. The molecule has 0 spiro atoms. The van der Waals surface area contributed by atoms with E-state index < -0.39 is 5.60 Å². The van der Waals surface area contributed by atoms with Crippen LogP contribution in [0.5, 0.6) is 0 Å². The minimum absolute atomic E-state index is 0.479. The minimum atomic E-state index is -0.574. The zero-order valence-corrected chi connectivity index (χ0v) is 12.6. The van der Waals surface area contributed by atoms with E-state index in [4.69, 9.17) is 0 Å². The molecular formula is C14H25N5O. The maximum atomic E-state index is 10.1. The van der Waals surface area contributed by atoms with Crippen molar-refractivity contribution in [2.75, 3.05) is 20.1 Å². The average Bonchev–Trinajstić information content (AvgIpc) is 2.77. The van der Waals surface area contributed by atoms with E-state index in [0.717, 1.165) is 43.9 Å². The van der Waals surface area contributed by atoms with Crippen molar-refractivity contribution in [3.63, 3.8) is 0 Å². The van der Waals surface area contributed by atoms with Crippen LogP contribution in [0, 0.1) is 0 Å². The van der Waals surface area contributed by atoms with E-state index in [1.54, 1.807) is 4.68 Å². The molecule has 1 heterocycles. The molecule has 0 saturated heterocycles. The quantitative estimate of drug-likeness (QED) is 0.616. The van der Waals surface area contributed by atoms with E-state index in [9.17, 15) is 5.11 Å². The Bertz CT molecular complexity index is 464. The van der Waals surface area contributed by atoms with Gasteiger partial charge in [-0.3, -0.25) is 9.67 Å². The van der Waals surface area contributed by atoms with Crippen molar-refractivity contribution in [2.45, 2.75) is 38.3 Å². The summed E-state index contributed by atoms with van der Waals surface area (Å²) in [6, 6.07) is 0. The van der Waals surface area contributed by atoms with Gasteiger partial charge in [0.2, 0.25) is 0 Å². The molecule has 6 heteroatoms. The highest BCUT2D eigenvalue weighted by molar-refractivity contribution is 5.79. The van der Waals surface area contributed by atoms with Gasteiger partial charge in [0, 0.05) is 38.9 Å². The number of rotatable bonds is 5. The van der Waals surface area contributed by atoms with E-state index in [1.807, 2.05) is 33.4 Å². The molecule has 0 aliphatic heterocycles. The Kier molecular flexibility index (Phi) is 4.65. The molecule has 1 aliphatic rings. The third kappa shape index (κ3) is 3.72. The van der Waals surface area contributed by atoms with Crippen LogP contribution in [0.15, 0.2) is 17.4 Å². The second-order valence-corrected chi connectivity index (χ2v) is 5.63. The monoisotopic (exact) mass is 279 g/mol. The summed E-state index contributed by atoms with van der Waals surface area (Å²) in [4.78, 5) is 6.62. The summed E-state index contributed by atoms with van der Waals surface area (Å²) < 4.78 is 1.80. The number of aryl methyl sites for hydroxylation is 1. The summed E-state index contributed by atoms with van der Waals surface area (Å²) in [5.41, 5.74) is 0.568. The van der Waals surface area contributed by atoms with Crippen molar-refractivity contribution < 1.29 is 5.11 Å². The van der Waals surface area contributed by atoms with Crippen molar-refractivity contribution in [3.8, 4) is 0 Å². The molecule has 20 heavy (non-hydrogen) atoms. The van der Waals surface area contributed by atoms with Gasteiger partial charge in [0.25, 0.3) is 0 Å². The molecule has 2 N–H and O–H groups in total. The lowest BCUT2D eigenvalue weighted by molar-refractivity contribution is -0.0237. The van der Waals surface area contributed by atoms with Crippen LogP contribution in [0.3, 0.4) is 0 Å². The van der Waals surface area contributed by atoms with Crippen LogP contribution in [0.25, 0.3) is 0 Å². The summed E-state index contributed by atoms with van der Waals surface area (Å²) in [6.07, 6.45) is 6.69. The van der Waals surface area contributed by atoms with Gasteiger partial charge in [0.1, 0.15) is 0 Å². The number of aliphatic imine (C=N–C) groups is 1. The second-order valence-electron chi connectivity index (χ2n) is 5.63. The largest absolute Gasteiger partial charge is 0.388 e. The van der Waals surface area contributed by atoms with E-state index in [1.165, 1.54) is 0 Å². The summed E-state index contributed by atoms with van der Waals surface area (Å²) in [6.45, 7) is 4.09. The number of guanidine groups is 1. The van der Waals surface area contributed by atoms with Gasteiger partial charge >= 0.3 is 0 Å². The van der Waals surface area contributed by atoms with Crippen molar-refractivity contribution in [2.24, 2.45) is 12.0 Å². The first-order valence-corrected chi connectivity index (χ1v) is 7.22. The van der Waals surface area contributed by atoms with Gasteiger partial charge < -0.3 is 15.3 Å². The van der Waals surface area contributed by atoms with Crippen LogP contribution < -0.4 is 5.32 Å². The maximum absolute atomic E-state index is 10.1. The number of hydrogen-bond acceptors (Lipinski definition) is 3. The molecule has 0 atom stereocenters. The predicted molar refractivity (Wildman–Crippen MR) is 79.5 cm³/mol. The summed E-state index contributed by atoms with van der Waals surface area (Å²) in [7, 11) is 3.91. The first-order valence-electron chi connectivity index (χ1n) is 7.22. The predicted octanol–water partition coefficient (Wildman–Crippen LogP) is 0.732. The minimum Gasteiger partial charge on any atom is -0.388 e. The van der Waals surface area contributed by atoms with Gasteiger partial charge in [-0.25, -0.2) is 0 Å². The number of aromatic nitrogens is 2. The second kappa shape index (κ2) is 6.26. The highest BCUT2D eigenvalue weighted by Gasteiger charge is 2.34. The topological polar surface area (TPSA) is 65.7 Å². The third-order valence-electron chi connectivity index (χ3n) is 3.68. The van der Waals surface area contributed by atoms with Crippen molar-refractivity contribution in [1.82, 2.24) is 20.0 Å². The summed E-state index contributed by atoms with van der Waals surface area (Å²) in [5.74, 6) is 0.830. The lowest BCUT2D eigenvalue weighted by atomic mass is 9.80. The van der Waals surface area contributed by atoms with Gasteiger partial charge in [-0.2, -0.15) is 5.10 Å². The first-order chi connectivity index (χ1) is 9.52. The van der Waals surface area contributed by atoms with Crippen LogP contribution >= 0.6 is 0 Å². The fourth-order valence-electron chi connectivity index (χ4n) is 2.34. The molecule has 2 rings (SSSR count). The van der Waals surface area contributed by atoms with Crippen LogP contribution in [0.2, 0.25) is 0 Å². The zero-order valence-electron chi connectivity index (χ0n) is 12.6.